The average Bonchev–Trinajstić information content (AvgIpc) is 2.25. The summed E-state index contributed by atoms with van der Waals surface area (Å²) < 4.78 is 36.8. The van der Waals surface area contributed by atoms with Crippen molar-refractivity contribution in [3.8, 4) is 0 Å². The van der Waals surface area contributed by atoms with Crippen LogP contribution in [0.15, 0.2) is 24.3 Å². The van der Waals surface area contributed by atoms with Gasteiger partial charge in [0.15, 0.2) is 0 Å². The summed E-state index contributed by atoms with van der Waals surface area (Å²) in [7, 11) is 3.35. The van der Waals surface area contributed by atoms with Crippen LogP contribution < -0.4 is 5.32 Å². The van der Waals surface area contributed by atoms with E-state index >= 15 is 0 Å². The van der Waals surface area contributed by atoms with Crippen LogP contribution in [-0.2, 0) is 13.0 Å². The first-order valence-electron chi connectivity index (χ1n) is 5.89. The van der Waals surface area contributed by atoms with Crippen LogP contribution in [0.1, 0.15) is 11.1 Å². The van der Waals surface area contributed by atoms with Crippen molar-refractivity contribution in [1.82, 2.24) is 10.2 Å². The molecule has 0 aliphatic heterocycles. The zero-order valence-corrected chi connectivity index (χ0v) is 10.7. The molecule has 0 saturated carbocycles. The fraction of sp³-hybridized carbons (Fsp3) is 0.538. The summed E-state index contributed by atoms with van der Waals surface area (Å²) in [5.74, 6) is 0. The first-order chi connectivity index (χ1) is 8.42. The fourth-order valence-corrected chi connectivity index (χ4v) is 1.87. The van der Waals surface area contributed by atoms with Gasteiger partial charge < -0.3 is 5.32 Å². The van der Waals surface area contributed by atoms with E-state index in [1.165, 1.54) is 11.9 Å². The maximum Gasteiger partial charge on any atom is 0.401 e. The number of alkyl halides is 3. The highest BCUT2D eigenvalue weighted by molar-refractivity contribution is 5.27. The number of hydrogen-bond acceptors (Lipinski definition) is 2. The summed E-state index contributed by atoms with van der Waals surface area (Å²) in [5.41, 5.74) is 2.06. The van der Waals surface area contributed by atoms with Crippen LogP contribution in [0.3, 0.4) is 0 Å². The third-order valence-corrected chi connectivity index (χ3v) is 2.65. The minimum absolute atomic E-state index is 0.319. The summed E-state index contributed by atoms with van der Waals surface area (Å²) >= 11 is 0. The van der Waals surface area contributed by atoms with Crippen molar-refractivity contribution in [2.45, 2.75) is 19.1 Å². The molecular weight excluding hydrogens is 241 g/mol. The van der Waals surface area contributed by atoms with Gasteiger partial charge in [0.25, 0.3) is 0 Å². The van der Waals surface area contributed by atoms with Gasteiger partial charge in [-0.3, -0.25) is 4.90 Å². The molecule has 5 heteroatoms. The van der Waals surface area contributed by atoms with Crippen LogP contribution in [0.4, 0.5) is 13.2 Å². The molecule has 102 valence electrons. The molecule has 18 heavy (non-hydrogen) atoms. The molecule has 0 bridgehead atoms. The Kier molecular flexibility index (Phi) is 5.62. The van der Waals surface area contributed by atoms with Gasteiger partial charge in [0.2, 0.25) is 0 Å². The van der Waals surface area contributed by atoms with Crippen LogP contribution in [0.25, 0.3) is 0 Å². The van der Waals surface area contributed by atoms with E-state index in [-0.39, 0.29) is 0 Å². The standard InChI is InChI=1S/C13H19F3N2/c1-17-8-7-11-5-3-4-6-12(11)9-18(2)10-13(14,15)16/h3-6,17H,7-10H2,1-2H3. The van der Waals surface area contributed by atoms with Gasteiger partial charge >= 0.3 is 6.18 Å². The molecule has 0 aliphatic rings. The van der Waals surface area contributed by atoms with Crippen LogP contribution in [0.5, 0.6) is 0 Å². The van der Waals surface area contributed by atoms with E-state index in [0.29, 0.717) is 6.54 Å². The van der Waals surface area contributed by atoms with Gasteiger partial charge in [-0.2, -0.15) is 13.2 Å². The molecule has 1 aromatic carbocycles. The highest BCUT2D eigenvalue weighted by Crippen LogP contribution is 2.18. The third kappa shape index (κ3) is 5.51. The zero-order chi connectivity index (χ0) is 13.6. The van der Waals surface area contributed by atoms with E-state index in [4.69, 9.17) is 0 Å². The lowest BCUT2D eigenvalue weighted by Crippen LogP contribution is -2.31. The minimum atomic E-state index is -4.14. The van der Waals surface area contributed by atoms with Crippen molar-refractivity contribution in [3.63, 3.8) is 0 Å². The lowest BCUT2D eigenvalue weighted by atomic mass is 10.0. The Morgan fingerprint density at radius 1 is 1.17 bits per heavy atom. The molecule has 0 radical (unpaired) electrons. The largest absolute Gasteiger partial charge is 0.401 e. The summed E-state index contributed by atoms with van der Waals surface area (Å²) in [5, 5.41) is 3.04. The molecule has 0 unspecified atom stereocenters. The highest BCUT2D eigenvalue weighted by Gasteiger charge is 2.29. The third-order valence-electron chi connectivity index (χ3n) is 2.65. The molecule has 2 nitrogen and oxygen atoms in total. The van der Waals surface area contributed by atoms with Crippen LogP contribution in [-0.4, -0.2) is 38.3 Å². The summed E-state index contributed by atoms with van der Waals surface area (Å²) in [6.45, 7) is 0.257. The van der Waals surface area contributed by atoms with Gasteiger partial charge in [0, 0.05) is 6.54 Å². The average molecular weight is 260 g/mol. The Bertz CT molecular complexity index is 363. The predicted molar refractivity (Wildman–Crippen MR) is 66.5 cm³/mol. The summed E-state index contributed by atoms with van der Waals surface area (Å²) in [6, 6.07) is 7.63. The Morgan fingerprint density at radius 3 is 2.33 bits per heavy atom. The first-order valence-corrected chi connectivity index (χ1v) is 5.89. The molecule has 0 saturated heterocycles. The van der Waals surface area contributed by atoms with Gasteiger partial charge in [0.05, 0.1) is 6.54 Å². The maximum atomic E-state index is 12.3. The molecule has 0 aliphatic carbocycles. The van der Waals surface area contributed by atoms with E-state index in [1.807, 2.05) is 31.3 Å². The lowest BCUT2D eigenvalue weighted by Gasteiger charge is -2.20. The summed E-state index contributed by atoms with van der Waals surface area (Å²) in [4.78, 5) is 1.29. The molecule has 0 spiro atoms. The number of hydrogen-bond donors (Lipinski definition) is 1. The molecule has 0 heterocycles. The second-order valence-electron chi connectivity index (χ2n) is 4.41. The molecule has 0 amide bonds. The topological polar surface area (TPSA) is 15.3 Å². The van der Waals surface area contributed by atoms with Crippen molar-refractivity contribution in [3.05, 3.63) is 35.4 Å². The lowest BCUT2D eigenvalue weighted by molar-refractivity contribution is -0.144. The van der Waals surface area contributed by atoms with E-state index in [2.05, 4.69) is 5.32 Å². The van der Waals surface area contributed by atoms with Crippen LogP contribution in [0, 0.1) is 0 Å². The first kappa shape index (κ1) is 15.0. The zero-order valence-electron chi connectivity index (χ0n) is 10.7. The Labute approximate surface area is 106 Å². The number of nitrogens with one attached hydrogen (secondary N) is 1. The molecule has 0 fully saturated rings. The number of rotatable bonds is 6. The van der Waals surface area contributed by atoms with Crippen molar-refractivity contribution in [1.29, 1.82) is 0 Å². The quantitative estimate of drug-likeness (QED) is 0.845. The molecule has 0 atom stereocenters. The van der Waals surface area contributed by atoms with Crippen LogP contribution in [0.2, 0.25) is 0 Å². The summed E-state index contributed by atoms with van der Waals surface area (Å²) in [6.07, 6.45) is -3.32. The van der Waals surface area contributed by atoms with Crippen molar-refractivity contribution in [2.24, 2.45) is 0 Å². The Balaban J connectivity index is 2.65. The molecule has 1 rings (SSSR count). The van der Waals surface area contributed by atoms with Crippen LogP contribution >= 0.6 is 0 Å². The van der Waals surface area contributed by atoms with E-state index < -0.39 is 12.7 Å². The van der Waals surface area contributed by atoms with Gasteiger partial charge in [-0.25, -0.2) is 0 Å². The van der Waals surface area contributed by atoms with Crippen molar-refractivity contribution in [2.75, 3.05) is 27.2 Å². The van der Waals surface area contributed by atoms with E-state index in [0.717, 1.165) is 24.1 Å². The normalized spacial score (nSPS) is 12.1. The fourth-order valence-electron chi connectivity index (χ4n) is 1.87. The number of benzene rings is 1. The van der Waals surface area contributed by atoms with Gasteiger partial charge in [-0.1, -0.05) is 24.3 Å². The van der Waals surface area contributed by atoms with E-state index in [9.17, 15) is 13.2 Å². The monoisotopic (exact) mass is 260 g/mol. The SMILES string of the molecule is CNCCc1ccccc1CN(C)CC(F)(F)F. The number of halogens is 3. The molecule has 1 aromatic rings. The minimum Gasteiger partial charge on any atom is -0.319 e. The number of likely N-dealkylation sites (N-methyl/N-ethyl adjacent to an activating group) is 1. The Morgan fingerprint density at radius 2 is 1.78 bits per heavy atom. The highest BCUT2D eigenvalue weighted by atomic mass is 19.4. The van der Waals surface area contributed by atoms with Gasteiger partial charge in [-0.15, -0.1) is 0 Å². The number of nitrogens with zero attached hydrogens (tertiary/aromatic N) is 1. The molecule has 1 N–H and O–H groups in total. The maximum absolute atomic E-state index is 12.3. The second kappa shape index (κ2) is 6.75. The van der Waals surface area contributed by atoms with Crippen molar-refractivity contribution < 1.29 is 13.2 Å². The van der Waals surface area contributed by atoms with Gasteiger partial charge in [0.1, 0.15) is 0 Å². The van der Waals surface area contributed by atoms with Gasteiger partial charge in [-0.05, 0) is 38.2 Å². The Hall–Kier alpha value is -1.07. The van der Waals surface area contributed by atoms with Crippen molar-refractivity contribution >= 4 is 0 Å². The second-order valence-corrected chi connectivity index (χ2v) is 4.41. The smallest absolute Gasteiger partial charge is 0.319 e. The molecule has 0 aromatic heterocycles. The predicted octanol–water partition coefficient (Wildman–Crippen LogP) is 2.44. The molecular formula is C13H19F3N2. The van der Waals surface area contributed by atoms with E-state index in [1.54, 1.807) is 0 Å².